The van der Waals surface area contributed by atoms with Gasteiger partial charge in [-0.25, -0.2) is 9.97 Å². The molecule has 204 valence electrons. The van der Waals surface area contributed by atoms with Crippen molar-refractivity contribution in [2.45, 2.75) is 70.3 Å². The molecular formula is C26H33F3N8O. The Morgan fingerprint density at radius 1 is 1.26 bits per heavy atom. The molecule has 3 aromatic rings. The average Bonchev–Trinajstić information content (AvgIpc) is 3.44. The number of H-pyrrole nitrogens is 1. The minimum Gasteiger partial charge on any atom is -0.356 e. The number of alkyl halides is 3. The first kappa shape index (κ1) is 26.2. The van der Waals surface area contributed by atoms with Gasteiger partial charge in [-0.3, -0.25) is 9.48 Å². The number of nitrogens with zero attached hydrogens (tertiary/aromatic N) is 5. The Morgan fingerprint density at radius 2 is 2.05 bits per heavy atom. The number of aromatic amines is 1. The molecule has 2 atom stereocenters. The Labute approximate surface area is 219 Å². The molecule has 9 nitrogen and oxygen atoms in total. The molecule has 5 heterocycles. The molecule has 0 aliphatic carbocycles. The van der Waals surface area contributed by atoms with E-state index < -0.39 is 11.7 Å². The summed E-state index contributed by atoms with van der Waals surface area (Å²) in [5.74, 6) is -0.113. The Hall–Kier alpha value is -3.41. The van der Waals surface area contributed by atoms with Crippen molar-refractivity contribution >= 4 is 11.9 Å². The number of carbonyl (C=O) groups is 1. The number of rotatable bonds is 5. The van der Waals surface area contributed by atoms with E-state index in [1.54, 1.807) is 15.8 Å². The van der Waals surface area contributed by atoms with E-state index in [0.29, 0.717) is 37.2 Å². The highest BCUT2D eigenvalue weighted by Crippen LogP contribution is 2.39. The second kappa shape index (κ2) is 9.72. The van der Waals surface area contributed by atoms with Crippen LogP contribution in [0.5, 0.6) is 0 Å². The number of hydrogen-bond acceptors (Lipinski definition) is 6. The number of nitrogens with one attached hydrogen (secondary N) is 3. The predicted octanol–water partition coefficient (Wildman–Crippen LogP) is 4.32. The quantitative estimate of drug-likeness (QED) is 0.454. The van der Waals surface area contributed by atoms with Gasteiger partial charge in [-0.2, -0.15) is 18.3 Å². The van der Waals surface area contributed by atoms with Crippen LogP contribution in [0.1, 0.15) is 73.3 Å². The molecule has 1 unspecified atom stereocenters. The number of anilines is 1. The molecule has 3 aromatic heterocycles. The first-order chi connectivity index (χ1) is 17.9. The maximum absolute atomic E-state index is 14.1. The molecule has 3 N–H and O–H groups in total. The summed E-state index contributed by atoms with van der Waals surface area (Å²) in [6.45, 7) is 7.30. The lowest BCUT2D eigenvalue weighted by molar-refractivity contribution is -0.137. The van der Waals surface area contributed by atoms with Gasteiger partial charge < -0.3 is 20.5 Å². The number of fused-ring (bicyclic) bond motifs is 1. The Bertz CT molecular complexity index is 1320. The maximum atomic E-state index is 14.1. The molecule has 5 rings (SSSR count). The summed E-state index contributed by atoms with van der Waals surface area (Å²) < 4.78 is 43.9. The average molecular weight is 531 g/mol. The third-order valence-electron chi connectivity index (χ3n) is 7.59. The van der Waals surface area contributed by atoms with Crippen LogP contribution in [0.15, 0.2) is 24.8 Å². The number of aryl methyl sites for hydroxylation is 1. The molecular weight excluding hydrogens is 497 g/mol. The van der Waals surface area contributed by atoms with Crippen LogP contribution in [0.4, 0.5) is 19.1 Å². The molecule has 2 aliphatic heterocycles. The number of piperidine rings is 1. The fourth-order valence-corrected chi connectivity index (χ4v) is 5.29. The summed E-state index contributed by atoms with van der Waals surface area (Å²) in [7, 11) is 1.81. The van der Waals surface area contributed by atoms with Crippen molar-refractivity contribution in [1.82, 2.24) is 34.9 Å². The van der Waals surface area contributed by atoms with E-state index in [0.717, 1.165) is 24.6 Å². The fourth-order valence-electron chi connectivity index (χ4n) is 5.29. The van der Waals surface area contributed by atoms with E-state index in [-0.39, 0.29) is 40.7 Å². The topological polar surface area (TPSA) is 104 Å². The van der Waals surface area contributed by atoms with E-state index >= 15 is 0 Å². The van der Waals surface area contributed by atoms with Crippen molar-refractivity contribution in [3.05, 3.63) is 47.2 Å². The maximum Gasteiger partial charge on any atom is 0.419 e. The Morgan fingerprint density at radius 3 is 2.71 bits per heavy atom. The zero-order chi connectivity index (χ0) is 27.2. The van der Waals surface area contributed by atoms with E-state index in [2.05, 4.69) is 44.5 Å². The predicted molar refractivity (Wildman–Crippen MR) is 137 cm³/mol. The third kappa shape index (κ3) is 5.13. The van der Waals surface area contributed by atoms with Crippen molar-refractivity contribution in [2.24, 2.45) is 7.05 Å². The van der Waals surface area contributed by atoms with Crippen molar-refractivity contribution in [1.29, 1.82) is 0 Å². The third-order valence-corrected chi connectivity index (χ3v) is 7.59. The summed E-state index contributed by atoms with van der Waals surface area (Å²) in [6, 6.07) is -0.233. The number of halogens is 3. The van der Waals surface area contributed by atoms with Gasteiger partial charge in [-0.1, -0.05) is 0 Å². The van der Waals surface area contributed by atoms with Crippen LogP contribution in [0, 0.1) is 0 Å². The monoisotopic (exact) mass is 530 g/mol. The molecule has 0 aromatic carbocycles. The van der Waals surface area contributed by atoms with Gasteiger partial charge >= 0.3 is 6.18 Å². The molecule has 1 saturated heterocycles. The van der Waals surface area contributed by atoms with Gasteiger partial charge in [0.05, 0.1) is 17.9 Å². The molecule has 2 aliphatic rings. The van der Waals surface area contributed by atoms with Crippen molar-refractivity contribution in [2.75, 3.05) is 18.4 Å². The van der Waals surface area contributed by atoms with Crippen LogP contribution >= 0.6 is 0 Å². The summed E-state index contributed by atoms with van der Waals surface area (Å²) in [4.78, 5) is 26.6. The minimum absolute atomic E-state index is 0.0000476. The van der Waals surface area contributed by atoms with Gasteiger partial charge in [0, 0.05) is 61.4 Å². The largest absolute Gasteiger partial charge is 0.419 e. The lowest BCUT2D eigenvalue weighted by Gasteiger charge is -2.36. The van der Waals surface area contributed by atoms with Gasteiger partial charge in [-0.05, 0) is 52.0 Å². The van der Waals surface area contributed by atoms with Crippen molar-refractivity contribution in [3.63, 3.8) is 0 Å². The molecule has 38 heavy (non-hydrogen) atoms. The lowest BCUT2D eigenvalue weighted by atomic mass is 9.91. The SMILES string of the molecule is CC(c1cnn(C)c1)N1CCCc2c(-c3nc(N[C@H]4CCC(C)(C)NC4)ncc3C(F)(F)F)c[nH]c2C1=O. The molecule has 1 amide bonds. The second-order valence-electron chi connectivity index (χ2n) is 10.9. The van der Waals surface area contributed by atoms with Gasteiger partial charge in [0.15, 0.2) is 0 Å². The Balaban J connectivity index is 1.47. The summed E-state index contributed by atoms with van der Waals surface area (Å²) in [5.41, 5.74) is 0.887. The van der Waals surface area contributed by atoms with Gasteiger partial charge in [0.2, 0.25) is 5.95 Å². The van der Waals surface area contributed by atoms with E-state index in [1.807, 2.05) is 20.2 Å². The number of hydrogen-bond donors (Lipinski definition) is 3. The molecule has 0 spiro atoms. The van der Waals surface area contributed by atoms with Gasteiger partial charge in [0.1, 0.15) is 11.3 Å². The zero-order valence-corrected chi connectivity index (χ0v) is 22.0. The van der Waals surface area contributed by atoms with Crippen LogP contribution in [0.2, 0.25) is 0 Å². The minimum atomic E-state index is -4.65. The number of aromatic nitrogens is 5. The van der Waals surface area contributed by atoms with Crippen LogP contribution in [0.3, 0.4) is 0 Å². The standard InChI is InChI=1S/C26H33F3N8O/c1-15(16-10-33-36(4)14-16)37-9-5-6-18-19(12-30-22(18)23(37)38)21-20(26(27,28)29)13-31-24(35-21)34-17-7-8-25(2,3)32-11-17/h10,12-15,17,30,32H,5-9,11H2,1-4H3,(H,31,34,35)/t15?,17-/m0/s1. The number of amides is 1. The van der Waals surface area contributed by atoms with Gasteiger partial charge in [-0.15, -0.1) is 0 Å². The van der Waals surface area contributed by atoms with E-state index in [4.69, 9.17) is 0 Å². The first-order valence-electron chi connectivity index (χ1n) is 12.9. The second-order valence-corrected chi connectivity index (χ2v) is 10.9. The first-order valence-corrected chi connectivity index (χ1v) is 12.9. The van der Waals surface area contributed by atoms with E-state index in [1.165, 1.54) is 6.20 Å². The highest BCUT2D eigenvalue weighted by Gasteiger charge is 2.38. The summed E-state index contributed by atoms with van der Waals surface area (Å²) >= 11 is 0. The fraction of sp³-hybridized carbons (Fsp3) is 0.538. The molecule has 0 bridgehead atoms. The highest BCUT2D eigenvalue weighted by atomic mass is 19.4. The molecule has 0 radical (unpaired) electrons. The smallest absolute Gasteiger partial charge is 0.356 e. The lowest BCUT2D eigenvalue weighted by Crippen LogP contribution is -2.50. The number of carbonyl (C=O) groups excluding carboxylic acids is 1. The summed E-state index contributed by atoms with van der Waals surface area (Å²) in [6.07, 6.45) is 4.04. The van der Waals surface area contributed by atoms with Crippen LogP contribution in [-0.2, 0) is 19.6 Å². The molecule has 0 saturated carbocycles. The molecule has 1 fully saturated rings. The van der Waals surface area contributed by atoms with Crippen LogP contribution in [0.25, 0.3) is 11.3 Å². The Kier molecular flexibility index (Phi) is 6.70. The normalized spacial score (nSPS) is 20.7. The highest BCUT2D eigenvalue weighted by molar-refractivity contribution is 5.97. The van der Waals surface area contributed by atoms with Gasteiger partial charge in [0.25, 0.3) is 5.91 Å². The summed E-state index contributed by atoms with van der Waals surface area (Å²) in [5, 5.41) is 10.8. The van der Waals surface area contributed by atoms with Crippen molar-refractivity contribution < 1.29 is 18.0 Å². The van der Waals surface area contributed by atoms with Crippen molar-refractivity contribution in [3.8, 4) is 11.3 Å². The van der Waals surface area contributed by atoms with E-state index in [9.17, 15) is 18.0 Å². The molecule has 12 heteroatoms. The zero-order valence-electron chi connectivity index (χ0n) is 22.0. The van der Waals surface area contributed by atoms with Crippen LogP contribution in [-0.4, -0.2) is 60.2 Å². The van der Waals surface area contributed by atoms with Crippen LogP contribution < -0.4 is 10.6 Å².